The van der Waals surface area contributed by atoms with Gasteiger partial charge in [-0.2, -0.15) is 0 Å². The van der Waals surface area contributed by atoms with Crippen molar-refractivity contribution in [2.75, 3.05) is 6.61 Å². The molecule has 0 saturated carbocycles. The molecule has 0 amide bonds. The molecule has 0 atom stereocenters. The Labute approximate surface area is 71.7 Å². The van der Waals surface area contributed by atoms with Crippen molar-refractivity contribution in [1.82, 2.24) is 0 Å². The zero-order valence-corrected chi connectivity index (χ0v) is 6.79. The van der Waals surface area contributed by atoms with Gasteiger partial charge in [0, 0.05) is 6.42 Å². The maximum atomic E-state index is 6.96. The van der Waals surface area contributed by atoms with Crippen molar-refractivity contribution in [3.8, 4) is 5.75 Å². The summed E-state index contributed by atoms with van der Waals surface area (Å²) in [5.41, 5.74) is 5.16. The summed E-state index contributed by atoms with van der Waals surface area (Å²) in [6.07, 6.45) is 0.481. The lowest BCUT2D eigenvalue weighted by Gasteiger charge is -2.03. The molecule has 0 saturated heterocycles. The van der Waals surface area contributed by atoms with E-state index >= 15 is 0 Å². The predicted molar refractivity (Wildman–Crippen MR) is 48.5 cm³/mol. The number of ether oxygens (including phenoxy) is 1. The molecule has 3 heteroatoms. The molecule has 0 aromatic heterocycles. The first-order chi connectivity index (χ1) is 5.79. The van der Waals surface area contributed by atoms with Gasteiger partial charge >= 0.3 is 0 Å². The number of nitrogens with one attached hydrogen (secondary N) is 1. The quantitative estimate of drug-likeness (QED) is 0.522. The summed E-state index contributed by atoms with van der Waals surface area (Å²) in [5.74, 6) is 0.977. The van der Waals surface area contributed by atoms with Gasteiger partial charge in [-0.15, -0.1) is 0 Å². The van der Waals surface area contributed by atoms with E-state index < -0.39 is 0 Å². The molecule has 1 aromatic rings. The van der Waals surface area contributed by atoms with E-state index in [2.05, 4.69) is 0 Å². The van der Waals surface area contributed by atoms with Crippen molar-refractivity contribution in [2.24, 2.45) is 5.73 Å². The molecule has 0 fully saturated rings. The first-order valence-electron chi connectivity index (χ1n) is 3.80. The first-order valence-corrected chi connectivity index (χ1v) is 3.80. The third-order valence-electron chi connectivity index (χ3n) is 1.38. The van der Waals surface area contributed by atoms with Crippen LogP contribution in [0.4, 0.5) is 0 Å². The molecule has 3 N–H and O–H groups in total. The van der Waals surface area contributed by atoms with Crippen molar-refractivity contribution in [3.63, 3.8) is 0 Å². The van der Waals surface area contributed by atoms with E-state index in [1.165, 1.54) is 0 Å². The lowest BCUT2D eigenvalue weighted by Crippen LogP contribution is -2.13. The standard InChI is InChI=1S/C9H12N2O/c10-9(11)6-7-12-8-4-2-1-3-5-8/h1-5H,6-7H2,(H3,10,11). The fraction of sp³-hybridized carbons (Fsp3) is 0.222. The number of benzene rings is 1. The Morgan fingerprint density at radius 3 is 2.58 bits per heavy atom. The Balaban J connectivity index is 2.29. The zero-order valence-electron chi connectivity index (χ0n) is 6.79. The molecule has 0 aliphatic carbocycles. The molecule has 0 aliphatic heterocycles. The summed E-state index contributed by atoms with van der Waals surface area (Å²) >= 11 is 0. The van der Waals surface area contributed by atoms with Crippen LogP contribution >= 0.6 is 0 Å². The normalized spacial score (nSPS) is 9.33. The SMILES string of the molecule is N=C(N)CCOc1ccccc1. The minimum absolute atomic E-state index is 0.158. The van der Waals surface area contributed by atoms with Crippen molar-refractivity contribution >= 4 is 5.84 Å². The van der Waals surface area contributed by atoms with Crippen LogP contribution in [0.5, 0.6) is 5.75 Å². The largest absolute Gasteiger partial charge is 0.493 e. The van der Waals surface area contributed by atoms with E-state index in [9.17, 15) is 0 Å². The summed E-state index contributed by atoms with van der Waals surface area (Å²) in [6.45, 7) is 0.472. The zero-order chi connectivity index (χ0) is 8.81. The van der Waals surface area contributed by atoms with Gasteiger partial charge in [-0.05, 0) is 12.1 Å². The van der Waals surface area contributed by atoms with Crippen LogP contribution in [-0.4, -0.2) is 12.4 Å². The molecule has 12 heavy (non-hydrogen) atoms. The van der Waals surface area contributed by atoms with E-state index in [4.69, 9.17) is 15.9 Å². The summed E-state index contributed by atoms with van der Waals surface area (Å²) in [4.78, 5) is 0. The summed E-state index contributed by atoms with van der Waals surface area (Å²) in [6, 6.07) is 9.49. The van der Waals surface area contributed by atoms with Crippen LogP contribution in [0.2, 0.25) is 0 Å². The van der Waals surface area contributed by atoms with Crippen LogP contribution in [0.3, 0.4) is 0 Å². The maximum Gasteiger partial charge on any atom is 0.119 e. The smallest absolute Gasteiger partial charge is 0.119 e. The molecule has 0 bridgehead atoms. The highest BCUT2D eigenvalue weighted by atomic mass is 16.5. The van der Waals surface area contributed by atoms with Crippen LogP contribution < -0.4 is 10.5 Å². The second-order valence-electron chi connectivity index (χ2n) is 2.44. The molecule has 0 unspecified atom stereocenters. The molecule has 0 radical (unpaired) electrons. The number of para-hydroxylation sites is 1. The van der Waals surface area contributed by atoms with Crippen molar-refractivity contribution < 1.29 is 4.74 Å². The van der Waals surface area contributed by atoms with Gasteiger partial charge in [-0.25, -0.2) is 0 Å². The van der Waals surface area contributed by atoms with Gasteiger partial charge < -0.3 is 10.5 Å². The molecular formula is C9H12N2O. The lowest BCUT2D eigenvalue weighted by atomic mass is 10.3. The van der Waals surface area contributed by atoms with Crippen LogP contribution in [0.1, 0.15) is 6.42 Å². The molecule has 64 valence electrons. The fourth-order valence-corrected chi connectivity index (χ4v) is 0.796. The van der Waals surface area contributed by atoms with Gasteiger partial charge in [-0.1, -0.05) is 18.2 Å². The second-order valence-corrected chi connectivity index (χ2v) is 2.44. The topological polar surface area (TPSA) is 59.1 Å². The third kappa shape index (κ3) is 3.05. The van der Waals surface area contributed by atoms with Crippen molar-refractivity contribution in [2.45, 2.75) is 6.42 Å². The van der Waals surface area contributed by atoms with Crippen LogP contribution in [0.25, 0.3) is 0 Å². The van der Waals surface area contributed by atoms with Crippen molar-refractivity contribution in [1.29, 1.82) is 5.41 Å². The minimum Gasteiger partial charge on any atom is -0.493 e. The molecule has 1 aromatic carbocycles. The van der Waals surface area contributed by atoms with Crippen LogP contribution in [-0.2, 0) is 0 Å². The number of rotatable bonds is 4. The Morgan fingerprint density at radius 1 is 1.33 bits per heavy atom. The van der Waals surface area contributed by atoms with Crippen LogP contribution in [0, 0.1) is 5.41 Å². The molecular weight excluding hydrogens is 152 g/mol. The highest BCUT2D eigenvalue weighted by Gasteiger charge is 1.92. The highest BCUT2D eigenvalue weighted by molar-refractivity contribution is 5.76. The minimum atomic E-state index is 0.158. The Kier molecular flexibility index (Phi) is 3.14. The van der Waals surface area contributed by atoms with E-state index in [1.807, 2.05) is 30.3 Å². The monoisotopic (exact) mass is 164 g/mol. The summed E-state index contributed by atoms with van der Waals surface area (Å²) in [5, 5.41) is 6.96. The number of hydrogen-bond acceptors (Lipinski definition) is 2. The van der Waals surface area contributed by atoms with E-state index in [0.717, 1.165) is 5.75 Å². The maximum absolute atomic E-state index is 6.96. The molecule has 0 aliphatic rings. The fourth-order valence-electron chi connectivity index (χ4n) is 0.796. The number of hydrogen-bond donors (Lipinski definition) is 2. The van der Waals surface area contributed by atoms with E-state index in [0.29, 0.717) is 13.0 Å². The van der Waals surface area contributed by atoms with Gasteiger partial charge in [0.25, 0.3) is 0 Å². The van der Waals surface area contributed by atoms with Gasteiger partial charge in [0.15, 0.2) is 0 Å². The second kappa shape index (κ2) is 4.38. The van der Waals surface area contributed by atoms with Crippen LogP contribution in [0.15, 0.2) is 30.3 Å². The molecule has 0 spiro atoms. The lowest BCUT2D eigenvalue weighted by molar-refractivity contribution is 0.328. The molecule has 0 heterocycles. The average Bonchev–Trinajstić information content (AvgIpc) is 2.05. The van der Waals surface area contributed by atoms with Crippen molar-refractivity contribution in [3.05, 3.63) is 30.3 Å². The first kappa shape index (κ1) is 8.59. The van der Waals surface area contributed by atoms with Gasteiger partial charge in [-0.3, -0.25) is 5.41 Å². The molecule has 3 nitrogen and oxygen atoms in total. The highest BCUT2D eigenvalue weighted by Crippen LogP contribution is 2.07. The summed E-state index contributed by atoms with van der Waals surface area (Å²) in [7, 11) is 0. The third-order valence-corrected chi connectivity index (χ3v) is 1.38. The van der Waals surface area contributed by atoms with E-state index in [1.54, 1.807) is 0 Å². The predicted octanol–water partition coefficient (Wildman–Crippen LogP) is 1.39. The summed E-state index contributed by atoms with van der Waals surface area (Å²) < 4.78 is 5.30. The number of amidine groups is 1. The number of nitrogens with two attached hydrogens (primary N) is 1. The Hall–Kier alpha value is -1.51. The average molecular weight is 164 g/mol. The Morgan fingerprint density at radius 2 is 2.00 bits per heavy atom. The molecule has 1 rings (SSSR count). The Bertz CT molecular complexity index is 246. The van der Waals surface area contributed by atoms with Gasteiger partial charge in [0.05, 0.1) is 12.4 Å². The van der Waals surface area contributed by atoms with Gasteiger partial charge in [0.1, 0.15) is 5.75 Å². The van der Waals surface area contributed by atoms with E-state index in [-0.39, 0.29) is 5.84 Å². The van der Waals surface area contributed by atoms with Gasteiger partial charge in [0.2, 0.25) is 0 Å².